The van der Waals surface area contributed by atoms with Crippen molar-refractivity contribution in [3.8, 4) is 0 Å². The highest BCUT2D eigenvalue weighted by Crippen LogP contribution is 2.23. The molecule has 0 amide bonds. The third kappa shape index (κ3) is 3.59. The largest absolute Gasteiger partial charge is 0.391 e. The summed E-state index contributed by atoms with van der Waals surface area (Å²) in [7, 11) is 0. The van der Waals surface area contributed by atoms with Gasteiger partial charge in [0.1, 0.15) is 5.82 Å². The van der Waals surface area contributed by atoms with Crippen LogP contribution in [0.25, 0.3) is 0 Å². The first-order chi connectivity index (χ1) is 6.93. The van der Waals surface area contributed by atoms with E-state index in [1.54, 1.807) is 6.07 Å². The topological polar surface area (TPSA) is 46.2 Å². The van der Waals surface area contributed by atoms with E-state index in [4.69, 9.17) is 17.3 Å². The molecule has 0 aliphatic heterocycles. The molecular weight excluding hydrogens is 252 g/mol. The van der Waals surface area contributed by atoms with E-state index in [0.29, 0.717) is 5.56 Å². The van der Waals surface area contributed by atoms with Gasteiger partial charge in [-0.2, -0.15) is 0 Å². The number of nitrogens with two attached hydrogens (primary N) is 1. The van der Waals surface area contributed by atoms with Crippen molar-refractivity contribution in [3.05, 3.63) is 34.6 Å². The van der Waals surface area contributed by atoms with Crippen molar-refractivity contribution in [1.29, 1.82) is 0 Å². The maximum Gasteiger partial charge on any atom is 0.142 e. The average molecular weight is 268 g/mol. The Kier molecular flexibility index (Phi) is 6.26. The van der Waals surface area contributed by atoms with Gasteiger partial charge in [0.05, 0.1) is 17.2 Å². The molecule has 0 saturated heterocycles. The highest BCUT2D eigenvalue weighted by molar-refractivity contribution is 6.30. The molecule has 2 atom stereocenters. The molecule has 0 heterocycles. The fourth-order valence-electron chi connectivity index (χ4n) is 1.33. The molecule has 1 rings (SSSR count). The number of aliphatic hydroxyl groups is 1. The van der Waals surface area contributed by atoms with Gasteiger partial charge in [0.2, 0.25) is 0 Å². The zero-order chi connectivity index (χ0) is 11.6. The van der Waals surface area contributed by atoms with Gasteiger partial charge in [-0.1, -0.05) is 31.5 Å². The predicted molar refractivity (Wildman–Crippen MR) is 66.4 cm³/mol. The molecular formula is C11H16Cl2FNO. The zero-order valence-electron chi connectivity index (χ0n) is 9.15. The van der Waals surface area contributed by atoms with Gasteiger partial charge in [0, 0.05) is 0 Å². The Morgan fingerprint density at radius 1 is 1.38 bits per heavy atom. The maximum absolute atomic E-state index is 13.1. The summed E-state index contributed by atoms with van der Waals surface area (Å²) in [5, 5.41) is 9.79. The molecule has 0 fully saturated rings. The Labute approximate surface area is 106 Å². The molecule has 1 aromatic rings. The van der Waals surface area contributed by atoms with Crippen LogP contribution in [-0.2, 0) is 0 Å². The summed E-state index contributed by atoms with van der Waals surface area (Å²) in [5.41, 5.74) is 6.35. The van der Waals surface area contributed by atoms with Gasteiger partial charge in [-0.25, -0.2) is 4.39 Å². The van der Waals surface area contributed by atoms with Crippen LogP contribution in [0.1, 0.15) is 25.5 Å². The Balaban J connectivity index is 0.00000225. The van der Waals surface area contributed by atoms with Crippen LogP contribution in [0.15, 0.2) is 18.2 Å². The van der Waals surface area contributed by atoms with Gasteiger partial charge in [0.25, 0.3) is 0 Å². The van der Waals surface area contributed by atoms with E-state index in [2.05, 4.69) is 0 Å². The molecule has 3 N–H and O–H groups in total. The lowest BCUT2D eigenvalue weighted by molar-refractivity contribution is 0.0978. The number of halogens is 3. The molecule has 16 heavy (non-hydrogen) atoms. The number of benzene rings is 1. The van der Waals surface area contributed by atoms with Gasteiger partial charge in [-0.3, -0.25) is 0 Å². The van der Waals surface area contributed by atoms with E-state index in [0.717, 1.165) is 0 Å². The molecule has 0 saturated carbocycles. The lowest BCUT2D eigenvalue weighted by Crippen LogP contribution is -2.30. The van der Waals surface area contributed by atoms with Crippen LogP contribution in [0, 0.1) is 11.7 Å². The monoisotopic (exact) mass is 267 g/mol. The zero-order valence-corrected chi connectivity index (χ0v) is 10.7. The Morgan fingerprint density at radius 3 is 2.38 bits per heavy atom. The van der Waals surface area contributed by atoms with Crippen molar-refractivity contribution in [2.75, 3.05) is 0 Å². The lowest BCUT2D eigenvalue weighted by Gasteiger charge is -2.22. The minimum absolute atomic E-state index is 0. The van der Waals surface area contributed by atoms with Crippen LogP contribution in [0.4, 0.5) is 4.39 Å². The molecule has 0 bridgehead atoms. The Hall–Kier alpha value is -0.350. The smallest absolute Gasteiger partial charge is 0.142 e. The highest BCUT2D eigenvalue weighted by Gasteiger charge is 2.20. The first-order valence-corrected chi connectivity index (χ1v) is 5.20. The quantitative estimate of drug-likeness (QED) is 0.885. The molecule has 2 nitrogen and oxygen atoms in total. The molecule has 0 aliphatic carbocycles. The minimum Gasteiger partial charge on any atom is -0.391 e. The summed E-state index contributed by atoms with van der Waals surface area (Å²) < 4.78 is 13.1. The standard InChI is InChI=1S/C11H15ClFNO.ClH/c1-6(2)11(15)10(14)7-3-4-8(12)9(13)5-7;/h3-6,10-11,15H,14H2,1-2H3;1H/t10-,11+;/m1./s1. The maximum atomic E-state index is 13.1. The Bertz CT molecular complexity index is 347. The normalized spacial score (nSPS) is 14.4. The van der Waals surface area contributed by atoms with E-state index in [9.17, 15) is 9.50 Å². The fourth-order valence-corrected chi connectivity index (χ4v) is 1.45. The van der Waals surface area contributed by atoms with E-state index >= 15 is 0 Å². The molecule has 0 aliphatic rings. The van der Waals surface area contributed by atoms with Crippen LogP contribution in [0.5, 0.6) is 0 Å². The van der Waals surface area contributed by atoms with Gasteiger partial charge >= 0.3 is 0 Å². The summed E-state index contributed by atoms with van der Waals surface area (Å²) in [6.45, 7) is 3.72. The van der Waals surface area contributed by atoms with Crippen molar-refractivity contribution in [3.63, 3.8) is 0 Å². The van der Waals surface area contributed by atoms with Crippen LogP contribution < -0.4 is 5.73 Å². The van der Waals surface area contributed by atoms with Crippen LogP contribution >= 0.6 is 24.0 Å². The van der Waals surface area contributed by atoms with Gasteiger partial charge in [-0.05, 0) is 23.6 Å². The highest BCUT2D eigenvalue weighted by atomic mass is 35.5. The second kappa shape index (κ2) is 6.40. The first-order valence-electron chi connectivity index (χ1n) is 4.82. The van der Waals surface area contributed by atoms with Crippen LogP contribution in [-0.4, -0.2) is 11.2 Å². The summed E-state index contributed by atoms with van der Waals surface area (Å²) in [5.74, 6) is -0.487. The third-order valence-electron chi connectivity index (χ3n) is 2.38. The second-order valence-corrected chi connectivity index (χ2v) is 4.34. The van der Waals surface area contributed by atoms with Gasteiger partial charge in [-0.15, -0.1) is 12.4 Å². The van der Waals surface area contributed by atoms with Crippen molar-refractivity contribution in [2.24, 2.45) is 11.7 Å². The minimum atomic E-state index is -0.689. The summed E-state index contributed by atoms with van der Waals surface area (Å²) in [6.07, 6.45) is -0.689. The van der Waals surface area contributed by atoms with Crippen LogP contribution in [0.2, 0.25) is 5.02 Å². The fraction of sp³-hybridized carbons (Fsp3) is 0.455. The first kappa shape index (κ1) is 15.7. The lowest BCUT2D eigenvalue weighted by atomic mass is 9.94. The number of hydrogen-bond donors (Lipinski definition) is 2. The summed E-state index contributed by atoms with van der Waals surface area (Å²) in [6, 6.07) is 3.75. The van der Waals surface area contributed by atoms with E-state index in [1.165, 1.54) is 12.1 Å². The molecule has 0 aromatic heterocycles. The van der Waals surface area contributed by atoms with E-state index < -0.39 is 18.0 Å². The van der Waals surface area contributed by atoms with Gasteiger partial charge < -0.3 is 10.8 Å². The van der Waals surface area contributed by atoms with Crippen molar-refractivity contribution >= 4 is 24.0 Å². The van der Waals surface area contributed by atoms with E-state index in [1.807, 2.05) is 13.8 Å². The Morgan fingerprint density at radius 2 is 1.94 bits per heavy atom. The van der Waals surface area contributed by atoms with Crippen molar-refractivity contribution in [1.82, 2.24) is 0 Å². The molecule has 5 heteroatoms. The number of hydrogen-bond acceptors (Lipinski definition) is 2. The number of aliphatic hydroxyl groups excluding tert-OH is 1. The second-order valence-electron chi connectivity index (χ2n) is 3.93. The van der Waals surface area contributed by atoms with Crippen molar-refractivity contribution in [2.45, 2.75) is 26.0 Å². The SMILES string of the molecule is CC(C)[C@H](O)[C@H](N)c1ccc(Cl)c(F)c1.Cl. The molecule has 0 radical (unpaired) electrons. The third-order valence-corrected chi connectivity index (χ3v) is 2.69. The van der Waals surface area contributed by atoms with Gasteiger partial charge in [0.15, 0.2) is 0 Å². The number of rotatable bonds is 3. The summed E-state index contributed by atoms with van der Waals surface area (Å²) in [4.78, 5) is 0. The predicted octanol–water partition coefficient (Wildman–Crippen LogP) is 2.92. The molecule has 0 spiro atoms. The van der Waals surface area contributed by atoms with E-state index in [-0.39, 0.29) is 23.3 Å². The molecule has 92 valence electrons. The molecule has 1 aromatic carbocycles. The van der Waals surface area contributed by atoms with Crippen molar-refractivity contribution < 1.29 is 9.50 Å². The summed E-state index contributed by atoms with van der Waals surface area (Å²) >= 11 is 5.55. The average Bonchev–Trinajstić information content (AvgIpc) is 2.19. The van der Waals surface area contributed by atoms with Crippen LogP contribution in [0.3, 0.4) is 0 Å². The molecule has 0 unspecified atom stereocenters.